The summed E-state index contributed by atoms with van der Waals surface area (Å²) in [7, 11) is 0. The van der Waals surface area contributed by atoms with E-state index in [0.717, 1.165) is 6.61 Å². The van der Waals surface area contributed by atoms with E-state index >= 15 is 0 Å². The molecular formula is C9H17O. The van der Waals surface area contributed by atoms with Crippen LogP contribution in [0.25, 0.3) is 0 Å². The summed E-state index contributed by atoms with van der Waals surface area (Å²) in [6.07, 6.45) is 9.33. The molecule has 0 heterocycles. The number of hydrogen-bond donors (Lipinski definition) is 0. The zero-order valence-electron chi connectivity index (χ0n) is 6.81. The third-order valence-corrected chi connectivity index (χ3v) is 2.03. The van der Waals surface area contributed by atoms with Crippen LogP contribution in [0.5, 0.6) is 0 Å². The van der Waals surface area contributed by atoms with Gasteiger partial charge in [-0.1, -0.05) is 12.8 Å². The van der Waals surface area contributed by atoms with Gasteiger partial charge in [0.15, 0.2) is 0 Å². The van der Waals surface area contributed by atoms with E-state index in [0.29, 0.717) is 6.10 Å². The molecule has 0 aromatic rings. The molecule has 0 amide bonds. The summed E-state index contributed by atoms with van der Waals surface area (Å²) in [5, 5.41) is 0. The fraction of sp³-hybridized carbons (Fsp3) is 0.889. The topological polar surface area (TPSA) is 9.23 Å². The van der Waals surface area contributed by atoms with Gasteiger partial charge in [0.1, 0.15) is 0 Å². The van der Waals surface area contributed by atoms with Crippen molar-refractivity contribution in [1.29, 1.82) is 0 Å². The highest BCUT2D eigenvalue weighted by Crippen LogP contribution is 2.18. The van der Waals surface area contributed by atoms with Gasteiger partial charge in [-0.05, 0) is 32.6 Å². The molecule has 0 aliphatic heterocycles. The maximum absolute atomic E-state index is 5.54. The second-order valence-electron chi connectivity index (χ2n) is 2.87. The third kappa shape index (κ3) is 2.70. The Kier molecular flexibility index (Phi) is 3.81. The third-order valence-electron chi connectivity index (χ3n) is 2.03. The molecule has 59 valence electrons. The molecule has 0 aromatic heterocycles. The summed E-state index contributed by atoms with van der Waals surface area (Å²) < 4.78 is 5.54. The maximum Gasteiger partial charge on any atom is 0.0575 e. The zero-order chi connectivity index (χ0) is 7.23. The molecule has 1 aliphatic rings. The van der Waals surface area contributed by atoms with Crippen molar-refractivity contribution in [2.45, 2.75) is 45.1 Å². The molecule has 0 spiro atoms. The van der Waals surface area contributed by atoms with Crippen molar-refractivity contribution in [2.24, 2.45) is 0 Å². The van der Waals surface area contributed by atoms with Crippen LogP contribution in [0.2, 0.25) is 0 Å². The van der Waals surface area contributed by atoms with Crippen LogP contribution in [-0.2, 0) is 4.74 Å². The molecule has 1 unspecified atom stereocenters. The summed E-state index contributed by atoms with van der Waals surface area (Å²) in [6.45, 7) is 2.96. The van der Waals surface area contributed by atoms with E-state index in [4.69, 9.17) is 4.74 Å². The van der Waals surface area contributed by atoms with E-state index < -0.39 is 0 Å². The molecule has 1 saturated carbocycles. The normalized spacial score (nSPS) is 22.5. The predicted octanol–water partition coefficient (Wildman–Crippen LogP) is 2.56. The lowest BCUT2D eigenvalue weighted by molar-refractivity contribution is 0.0529. The Balaban J connectivity index is 2.15. The first-order valence-electron chi connectivity index (χ1n) is 4.36. The van der Waals surface area contributed by atoms with Crippen molar-refractivity contribution in [3.63, 3.8) is 0 Å². The average Bonchev–Trinajstić information content (AvgIpc) is 2.17. The second kappa shape index (κ2) is 4.73. The minimum Gasteiger partial charge on any atom is -0.379 e. The van der Waals surface area contributed by atoms with Crippen molar-refractivity contribution < 1.29 is 4.74 Å². The van der Waals surface area contributed by atoms with Crippen LogP contribution in [0, 0.1) is 6.42 Å². The molecule has 0 aromatic carbocycles. The van der Waals surface area contributed by atoms with Gasteiger partial charge in [-0.2, -0.15) is 0 Å². The molecule has 1 heteroatoms. The Bertz CT molecular complexity index is 72.8. The van der Waals surface area contributed by atoms with E-state index in [1.54, 1.807) is 0 Å². The summed E-state index contributed by atoms with van der Waals surface area (Å²) in [5.74, 6) is 0. The Morgan fingerprint density at radius 2 is 2.30 bits per heavy atom. The number of hydrogen-bond acceptors (Lipinski definition) is 1. The molecule has 1 nitrogen and oxygen atoms in total. The second-order valence-corrected chi connectivity index (χ2v) is 2.87. The Labute approximate surface area is 63.8 Å². The molecule has 0 N–H and O–H groups in total. The SMILES string of the molecule is CCOC1CC[CH]CCC1. The van der Waals surface area contributed by atoms with Crippen molar-refractivity contribution in [2.75, 3.05) is 6.61 Å². The van der Waals surface area contributed by atoms with Gasteiger partial charge in [0.05, 0.1) is 6.10 Å². The lowest BCUT2D eigenvalue weighted by atomic mass is 10.2. The van der Waals surface area contributed by atoms with Crippen molar-refractivity contribution in [3.05, 3.63) is 6.42 Å². The molecule has 1 atom stereocenters. The fourth-order valence-electron chi connectivity index (χ4n) is 1.48. The van der Waals surface area contributed by atoms with Gasteiger partial charge < -0.3 is 4.74 Å². The first kappa shape index (κ1) is 8.06. The predicted molar refractivity (Wildman–Crippen MR) is 42.8 cm³/mol. The Hall–Kier alpha value is -0.0400. The molecule has 0 saturated heterocycles. The highest BCUT2D eigenvalue weighted by Gasteiger charge is 2.10. The quantitative estimate of drug-likeness (QED) is 0.537. The zero-order valence-corrected chi connectivity index (χ0v) is 6.81. The molecule has 0 bridgehead atoms. The van der Waals surface area contributed by atoms with E-state index in [9.17, 15) is 0 Å². The number of ether oxygens (including phenoxy) is 1. The Morgan fingerprint density at radius 1 is 1.40 bits per heavy atom. The van der Waals surface area contributed by atoms with Gasteiger partial charge in [0, 0.05) is 6.61 Å². The van der Waals surface area contributed by atoms with Crippen molar-refractivity contribution in [1.82, 2.24) is 0 Å². The van der Waals surface area contributed by atoms with E-state index in [-0.39, 0.29) is 0 Å². The van der Waals surface area contributed by atoms with Crippen LogP contribution in [0.3, 0.4) is 0 Å². The van der Waals surface area contributed by atoms with Crippen molar-refractivity contribution >= 4 is 0 Å². The molecular weight excluding hydrogens is 124 g/mol. The smallest absolute Gasteiger partial charge is 0.0575 e. The van der Waals surface area contributed by atoms with Gasteiger partial charge in [-0.15, -0.1) is 0 Å². The average molecular weight is 141 g/mol. The van der Waals surface area contributed by atoms with E-state index in [1.165, 1.54) is 32.1 Å². The molecule has 1 fully saturated rings. The van der Waals surface area contributed by atoms with Crippen LogP contribution in [0.4, 0.5) is 0 Å². The first-order chi connectivity index (χ1) is 4.93. The van der Waals surface area contributed by atoms with Gasteiger partial charge >= 0.3 is 0 Å². The molecule has 1 radical (unpaired) electrons. The van der Waals surface area contributed by atoms with Crippen LogP contribution in [0.1, 0.15) is 39.0 Å². The van der Waals surface area contributed by atoms with Gasteiger partial charge in [-0.25, -0.2) is 0 Å². The maximum atomic E-state index is 5.54. The molecule has 10 heavy (non-hydrogen) atoms. The lowest BCUT2D eigenvalue weighted by Crippen LogP contribution is -2.10. The van der Waals surface area contributed by atoms with Crippen LogP contribution in [0.15, 0.2) is 0 Å². The highest BCUT2D eigenvalue weighted by molar-refractivity contribution is 4.74. The highest BCUT2D eigenvalue weighted by atomic mass is 16.5. The largest absolute Gasteiger partial charge is 0.379 e. The molecule has 1 aliphatic carbocycles. The minimum absolute atomic E-state index is 0.559. The lowest BCUT2D eigenvalue weighted by Gasteiger charge is -2.12. The van der Waals surface area contributed by atoms with Crippen molar-refractivity contribution in [3.8, 4) is 0 Å². The minimum atomic E-state index is 0.559. The summed E-state index contributed by atoms with van der Waals surface area (Å²) in [5.41, 5.74) is 0. The van der Waals surface area contributed by atoms with E-state index in [2.05, 4.69) is 13.3 Å². The summed E-state index contributed by atoms with van der Waals surface area (Å²) in [6, 6.07) is 0. The van der Waals surface area contributed by atoms with Gasteiger partial charge in [0.2, 0.25) is 0 Å². The number of rotatable bonds is 2. The molecule has 1 rings (SSSR count). The first-order valence-corrected chi connectivity index (χ1v) is 4.36. The van der Waals surface area contributed by atoms with Crippen LogP contribution in [-0.4, -0.2) is 12.7 Å². The Morgan fingerprint density at radius 3 is 3.10 bits per heavy atom. The summed E-state index contributed by atoms with van der Waals surface area (Å²) >= 11 is 0. The van der Waals surface area contributed by atoms with Crippen LogP contribution >= 0.6 is 0 Å². The van der Waals surface area contributed by atoms with Gasteiger partial charge in [-0.3, -0.25) is 0 Å². The standard InChI is InChI=1S/C9H17O/c1-2-10-9-7-5-3-4-6-8-9/h3,9H,2,4-8H2,1H3. The van der Waals surface area contributed by atoms with E-state index in [1.807, 2.05) is 0 Å². The summed E-state index contributed by atoms with van der Waals surface area (Å²) in [4.78, 5) is 0. The van der Waals surface area contributed by atoms with Gasteiger partial charge in [0.25, 0.3) is 0 Å². The van der Waals surface area contributed by atoms with Crippen LogP contribution < -0.4 is 0 Å². The monoisotopic (exact) mass is 141 g/mol. The fourth-order valence-corrected chi connectivity index (χ4v) is 1.48.